The fraction of sp³-hybridized carbons (Fsp3) is 0.538. The van der Waals surface area contributed by atoms with Crippen LogP contribution in [0.1, 0.15) is 47.0 Å². The van der Waals surface area contributed by atoms with Gasteiger partial charge in [0.1, 0.15) is 21.3 Å². The Hall–Kier alpha value is -2.86. The van der Waals surface area contributed by atoms with Crippen molar-refractivity contribution in [2.75, 3.05) is 37.4 Å². The van der Waals surface area contributed by atoms with Crippen molar-refractivity contribution in [3.05, 3.63) is 40.3 Å². The topological polar surface area (TPSA) is 142 Å². The molecule has 11 heteroatoms. The number of carbonyl (C=O) groups excluding carboxylic acids is 1. The van der Waals surface area contributed by atoms with Crippen molar-refractivity contribution >= 4 is 39.0 Å². The molecule has 3 unspecified atom stereocenters. The maximum atomic E-state index is 13.0. The van der Waals surface area contributed by atoms with E-state index < -0.39 is 0 Å². The Balaban J connectivity index is 1.21. The third-order valence-corrected chi connectivity index (χ3v) is 8.34. The molecule has 0 bridgehead atoms. The molecular weight excluding hydrogens is 490 g/mol. The number of carbonyl (C=O) groups is 1. The molecule has 2 aliphatic rings. The van der Waals surface area contributed by atoms with E-state index in [9.17, 15) is 4.79 Å². The highest BCUT2D eigenvalue weighted by Gasteiger charge is 2.34. The fourth-order valence-corrected chi connectivity index (χ4v) is 5.85. The summed E-state index contributed by atoms with van der Waals surface area (Å²) in [7, 11) is 1.69. The predicted octanol–water partition coefficient (Wildman–Crippen LogP) is 2.22. The number of rotatable bonds is 7. The Morgan fingerprint density at radius 3 is 2.89 bits per heavy atom. The van der Waals surface area contributed by atoms with Gasteiger partial charge in [-0.2, -0.15) is 0 Å². The number of fused-ring (bicyclic) bond motifs is 2. The average molecular weight is 526 g/mol. The summed E-state index contributed by atoms with van der Waals surface area (Å²) in [6, 6.07) is 4.10. The van der Waals surface area contributed by atoms with Crippen LogP contribution in [0, 0.1) is 6.92 Å². The molecule has 1 aliphatic carbocycles. The lowest BCUT2D eigenvalue weighted by atomic mass is 9.91. The number of hydrogen-bond donors (Lipinski definition) is 3. The normalized spacial score (nSPS) is 21.9. The zero-order valence-corrected chi connectivity index (χ0v) is 22.6. The first-order valence-electron chi connectivity index (χ1n) is 12.6. The smallest absolute Gasteiger partial charge is 0.263 e. The summed E-state index contributed by atoms with van der Waals surface area (Å²) in [6.07, 6.45) is 3.96. The SMILES string of the molecule is COC(C)(C)COC1CN(c2ccc3c(n2)CCC(NC(=O)c2sc4nc(C)ncc4c2N)C3)CC1N. The van der Waals surface area contributed by atoms with E-state index in [1.54, 1.807) is 13.3 Å². The minimum Gasteiger partial charge on any atom is -0.397 e. The maximum absolute atomic E-state index is 13.0. The van der Waals surface area contributed by atoms with Crippen molar-refractivity contribution in [3.63, 3.8) is 0 Å². The van der Waals surface area contributed by atoms with Crippen LogP contribution in [0.4, 0.5) is 11.5 Å². The number of amides is 1. The average Bonchev–Trinajstić information content (AvgIpc) is 3.41. The number of nitrogens with two attached hydrogens (primary N) is 2. The number of ether oxygens (including phenoxy) is 2. The molecule has 1 amide bonds. The largest absolute Gasteiger partial charge is 0.397 e. The van der Waals surface area contributed by atoms with Gasteiger partial charge >= 0.3 is 0 Å². The third-order valence-electron chi connectivity index (χ3n) is 7.23. The van der Waals surface area contributed by atoms with Gasteiger partial charge < -0.3 is 31.2 Å². The summed E-state index contributed by atoms with van der Waals surface area (Å²) < 4.78 is 11.5. The molecule has 4 heterocycles. The second-order valence-corrected chi connectivity index (χ2v) is 11.6. The molecular formula is C26H35N7O3S. The number of nitrogens with zero attached hydrogens (tertiary/aromatic N) is 4. The van der Waals surface area contributed by atoms with E-state index in [1.165, 1.54) is 11.3 Å². The summed E-state index contributed by atoms with van der Waals surface area (Å²) in [6.45, 7) is 7.70. The number of methoxy groups -OCH3 is 1. The number of anilines is 2. The number of nitrogen functional groups attached to an aromatic ring is 1. The minimum atomic E-state index is -0.348. The van der Waals surface area contributed by atoms with Gasteiger partial charge in [-0.25, -0.2) is 15.0 Å². The molecule has 1 saturated heterocycles. The van der Waals surface area contributed by atoms with Crippen LogP contribution in [-0.2, 0) is 22.3 Å². The second kappa shape index (κ2) is 10.1. The summed E-state index contributed by atoms with van der Waals surface area (Å²) in [5.74, 6) is 1.42. The van der Waals surface area contributed by atoms with Crippen LogP contribution in [0.15, 0.2) is 18.3 Å². The lowest BCUT2D eigenvalue weighted by molar-refractivity contribution is -0.0728. The lowest BCUT2D eigenvalue weighted by Crippen LogP contribution is -2.39. The van der Waals surface area contributed by atoms with E-state index in [1.807, 2.05) is 26.8 Å². The quantitative estimate of drug-likeness (QED) is 0.423. The van der Waals surface area contributed by atoms with E-state index in [4.69, 9.17) is 25.9 Å². The minimum absolute atomic E-state index is 0.0206. The van der Waals surface area contributed by atoms with E-state index >= 15 is 0 Å². The Kier molecular flexibility index (Phi) is 7.06. The van der Waals surface area contributed by atoms with Crippen LogP contribution in [0.5, 0.6) is 0 Å². The van der Waals surface area contributed by atoms with Gasteiger partial charge in [-0.3, -0.25) is 4.79 Å². The van der Waals surface area contributed by atoms with Crippen molar-refractivity contribution in [3.8, 4) is 0 Å². The van der Waals surface area contributed by atoms with Gasteiger partial charge in [0, 0.05) is 38.1 Å². The molecule has 5 N–H and O–H groups in total. The molecule has 5 rings (SSSR count). The molecule has 1 aliphatic heterocycles. The van der Waals surface area contributed by atoms with Gasteiger partial charge in [0.05, 0.1) is 35.4 Å². The van der Waals surface area contributed by atoms with Crippen LogP contribution >= 0.6 is 11.3 Å². The van der Waals surface area contributed by atoms with Crippen LogP contribution < -0.4 is 21.7 Å². The lowest BCUT2D eigenvalue weighted by Gasteiger charge is -2.27. The molecule has 3 atom stereocenters. The highest BCUT2D eigenvalue weighted by molar-refractivity contribution is 7.21. The second-order valence-electron chi connectivity index (χ2n) is 10.6. The summed E-state index contributed by atoms with van der Waals surface area (Å²) in [4.78, 5) is 30.0. The first-order valence-corrected chi connectivity index (χ1v) is 13.4. The number of hydrogen-bond acceptors (Lipinski definition) is 10. The number of nitrogens with one attached hydrogen (secondary N) is 1. The van der Waals surface area contributed by atoms with Gasteiger partial charge in [-0.05, 0) is 51.7 Å². The fourth-order valence-electron chi connectivity index (χ4n) is 4.83. The number of aryl methyl sites for hydroxylation is 2. The molecule has 3 aromatic heterocycles. The molecule has 1 fully saturated rings. The van der Waals surface area contributed by atoms with Crippen molar-refractivity contribution in [2.45, 2.75) is 63.8 Å². The highest BCUT2D eigenvalue weighted by atomic mass is 32.1. The summed E-state index contributed by atoms with van der Waals surface area (Å²) >= 11 is 1.31. The number of aromatic nitrogens is 3. The Morgan fingerprint density at radius 1 is 1.30 bits per heavy atom. The van der Waals surface area contributed by atoms with Gasteiger partial charge in [-0.15, -0.1) is 11.3 Å². The standard InChI is InChI=1S/C26H35N7O3S/c1-14-29-10-17-22(28)23(37-25(17)30-14)24(34)31-16-6-7-19-15(9-16)5-8-21(32-19)33-11-18(27)20(12-33)36-13-26(2,3)35-4/h5,8,10,16,18,20H,6-7,9,11-13,27-28H2,1-4H3,(H,31,34). The van der Waals surface area contributed by atoms with Gasteiger partial charge in [0.15, 0.2) is 0 Å². The van der Waals surface area contributed by atoms with E-state index in [0.717, 1.165) is 46.6 Å². The van der Waals surface area contributed by atoms with Crippen LogP contribution in [0.25, 0.3) is 10.2 Å². The molecule has 0 radical (unpaired) electrons. The van der Waals surface area contributed by atoms with Crippen molar-refractivity contribution < 1.29 is 14.3 Å². The van der Waals surface area contributed by atoms with Gasteiger partial charge in [-0.1, -0.05) is 6.07 Å². The monoisotopic (exact) mass is 525 g/mol. The van der Waals surface area contributed by atoms with Gasteiger partial charge in [0.2, 0.25) is 0 Å². The molecule has 198 valence electrons. The molecule has 37 heavy (non-hydrogen) atoms. The van der Waals surface area contributed by atoms with Crippen molar-refractivity contribution in [2.24, 2.45) is 5.73 Å². The van der Waals surface area contributed by atoms with E-state index in [2.05, 4.69) is 26.3 Å². The molecule has 10 nitrogen and oxygen atoms in total. The Bertz CT molecular complexity index is 1310. The predicted molar refractivity (Wildman–Crippen MR) is 145 cm³/mol. The van der Waals surface area contributed by atoms with E-state index in [0.29, 0.717) is 36.1 Å². The molecule has 0 saturated carbocycles. The Morgan fingerprint density at radius 2 is 2.11 bits per heavy atom. The number of pyridine rings is 1. The summed E-state index contributed by atoms with van der Waals surface area (Å²) in [5, 5.41) is 3.89. The molecule has 0 spiro atoms. The van der Waals surface area contributed by atoms with Crippen molar-refractivity contribution in [1.82, 2.24) is 20.3 Å². The molecule has 3 aromatic rings. The van der Waals surface area contributed by atoms with E-state index in [-0.39, 0.29) is 29.7 Å². The van der Waals surface area contributed by atoms with Crippen LogP contribution in [0.2, 0.25) is 0 Å². The zero-order chi connectivity index (χ0) is 26.3. The number of thiophene rings is 1. The molecule has 0 aromatic carbocycles. The highest BCUT2D eigenvalue weighted by Crippen LogP contribution is 2.32. The first kappa shape index (κ1) is 25.8. The van der Waals surface area contributed by atoms with Crippen LogP contribution in [0.3, 0.4) is 0 Å². The Labute approximate surface area is 220 Å². The van der Waals surface area contributed by atoms with Crippen molar-refractivity contribution in [1.29, 1.82) is 0 Å². The zero-order valence-electron chi connectivity index (χ0n) is 21.8. The third kappa shape index (κ3) is 5.40. The maximum Gasteiger partial charge on any atom is 0.263 e. The van der Waals surface area contributed by atoms with Crippen LogP contribution in [-0.4, -0.2) is 71.5 Å². The summed E-state index contributed by atoms with van der Waals surface area (Å²) in [5.41, 5.74) is 15.0. The first-order chi connectivity index (χ1) is 17.6. The van der Waals surface area contributed by atoms with Gasteiger partial charge in [0.25, 0.3) is 5.91 Å².